The van der Waals surface area contributed by atoms with Gasteiger partial charge in [0.25, 0.3) is 5.91 Å². The number of aromatic nitrogens is 1. The second-order valence-electron chi connectivity index (χ2n) is 5.67. The van der Waals surface area contributed by atoms with Gasteiger partial charge in [0.2, 0.25) is 0 Å². The Morgan fingerprint density at radius 3 is 2.81 bits per heavy atom. The second-order valence-corrected chi connectivity index (χ2v) is 5.67. The molecule has 0 bridgehead atoms. The lowest BCUT2D eigenvalue weighted by Crippen LogP contribution is -2.40. The van der Waals surface area contributed by atoms with Gasteiger partial charge in [0.05, 0.1) is 11.1 Å². The zero-order valence-corrected chi connectivity index (χ0v) is 12.4. The number of nitrogens with one attached hydrogen (secondary N) is 1. The molecule has 0 radical (unpaired) electrons. The predicted molar refractivity (Wildman–Crippen MR) is 84.3 cm³/mol. The van der Waals surface area contributed by atoms with Gasteiger partial charge in [0.15, 0.2) is 0 Å². The monoisotopic (exact) mass is 283 g/mol. The van der Waals surface area contributed by atoms with Gasteiger partial charge in [-0.05, 0) is 44.5 Å². The van der Waals surface area contributed by atoms with Crippen molar-refractivity contribution in [2.45, 2.75) is 12.8 Å². The molecule has 2 heterocycles. The normalized spacial score (nSPS) is 16.3. The lowest BCUT2D eigenvalue weighted by atomic mass is 9.96. The van der Waals surface area contributed by atoms with E-state index in [1.54, 1.807) is 6.20 Å². The van der Waals surface area contributed by atoms with Crippen molar-refractivity contribution in [3.63, 3.8) is 0 Å². The number of amides is 1. The molecule has 2 aromatic rings. The third-order valence-electron chi connectivity index (χ3n) is 4.27. The van der Waals surface area contributed by atoms with E-state index < -0.39 is 0 Å². The van der Waals surface area contributed by atoms with Crippen LogP contribution < -0.4 is 5.32 Å². The second kappa shape index (κ2) is 6.22. The summed E-state index contributed by atoms with van der Waals surface area (Å²) in [7, 11) is 1.99. The number of rotatable bonds is 3. The van der Waals surface area contributed by atoms with Crippen molar-refractivity contribution >= 4 is 16.8 Å². The van der Waals surface area contributed by atoms with E-state index in [0.29, 0.717) is 5.92 Å². The van der Waals surface area contributed by atoms with E-state index in [9.17, 15) is 4.79 Å². The molecule has 1 saturated heterocycles. The van der Waals surface area contributed by atoms with E-state index in [1.165, 1.54) is 0 Å². The highest BCUT2D eigenvalue weighted by molar-refractivity contribution is 6.05. The lowest BCUT2D eigenvalue weighted by Gasteiger charge is -2.32. The molecule has 1 amide bonds. The van der Waals surface area contributed by atoms with E-state index in [1.807, 2.05) is 42.3 Å². The first-order valence-electron chi connectivity index (χ1n) is 7.57. The number of para-hydroxylation sites is 1. The Bertz CT molecular complexity index is 627. The van der Waals surface area contributed by atoms with Crippen LogP contribution in [0.15, 0.2) is 36.5 Å². The van der Waals surface area contributed by atoms with Crippen LogP contribution >= 0.6 is 0 Å². The number of piperidine rings is 1. The largest absolute Gasteiger partial charge is 0.339 e. The zero-order chi connectivity index (χ0) is 14.7. The van der Waals surface area contributed by atoms with Crippen LogP contribution in [0, 0.1) is 5.92 Å². The van der Waals surface area contributed by atoms with Gasteiger partial charge in [0.1, 0.15) is 0 Å². The molecule has 21 heavy (non-hydrogen) atoms. The molecule has 0 aliphatic carbocycles. The summed E-state index contributed by atoms with van der Waals surface area (Å²) in [6.07, 6.45) is 3.88. The number of carbonyl (C=O) groups excluding carboxylic acids is 1. The Hall–Kier alpha value is -1.94. The first-order chi connectivity index (χ1) is 10.3. The first-order valence-corrected chi connectivity index (χ1v) is 7.57. The van der Waals surface area contributed by atoms with Crippen LogP contribution in [0.5, 0.6) is 0 Å². The maximum absolute atomic E-state index is 12.8. The predicted octanol–water partition coefficient (Wildman–Crippen LogP) is 2.31. The molecule has 4 nitrogen and oxygen atoms in total. The van der Waals surface area contributed by atoms with Crippen molar-refractivity contribution in [1.82, 2.24) is 15.2 Å². The number of pyridine rings is 1. The summed E-state index contributed by atoms with van der Waals surface area (Å²) in [6, 6.07) is 9.67. The summed E-state index contributed by atoms with van der Waals surface area (Å²) < 4.78 is 0. The van der Waals surface area contributed by atoms with Gasteiger partial charge in [0, 0.05) is 24.7 Å². The SMILES string of the molecule is CNCC1CCN(C(=O)c2ccnc3ccccc23)CC1. The molecule has 1 N–H and O–H groups in total. The Labute approximate surface area is 125 Å². The van der Waals surface area contributed by atoms with Crippen LogP contribution in [0.2, 0.25) is 0 Å². The van der Waals surface area contributed by atoms with Crippen molar-refractivity contribution < 1.29 is 4.79 Å². The molecule has 4 heteroatoms. The van der Waals surface area contributed by atoms with Gasteiger partial charge in [-0.3, -0.25) is 9.78 Å². The van der Waals surface area contributed by atoms with Gasteiger partial charge >= 0.3 is 0 Å². The molecular weight excluding hydrogens is 262 g/mol. The van der Waals surface area contributed by atoms with E-state index in [2.05, 4.69) is 10.3 Å². The summed E-state index contributed by atoms with van der Waals surface area (Å²) in [5.41, 5.74) is 1.65. The van der Waals surface area contributed by atoms with E-state index in [-0.39, 0.29) is 5.91 Å². The first kappa shape index (κ1) is 14.0. The van der Waals surface area contributed by atoms with E-state index in [4.69, 9.17) is 0 Å². The minimum atomic E-state index is 0.136. The van der Waals surface area contributed by atoms with E-state index >= 15 is 0 Å². The fourth-order valence-corrected chi connectivity index (χ4v) is 3.08. The lowest BCUT2D eigenvalue weighted by molar-refractivity contribution is 0.0693. The van der Waals surface area contributed by atoms with Crippen molar-refractivity contribution in [2.24, 2.45) is 5.92 Å². The van der Waals surface area contributed by atoms with Gasteiger partial charge in [-0.25, -0.2) is 0 Å². The van der Waals surface area contributed by atoms with Gasteiger partial charge in [-0.2, -0.15) is 0 Å². The molecule has 3 rings (SSSR count). The topological polar surface area (TPSA) is 45.2 Å². The summed E-state index contributed by atoms with van der Waals surface area (Å²) in [5, 5.41) is 4.17. The minimum absolute atomic E-state index is 0.136. The summed E-state index contributed by atoms with van der Waals surface area (Å²) in [4.78, 5) is 19.1. The fraction of sp³-hybridized carbons (Fsp3) is 0.412. The van der Waals surface area contributed by atoms with Crippen molar-refractivity contribution in [1.29, 1.82) is 0 Å². The van der Waals surface area contributed by atoms with Crippen LogP contribution in [0.25, 0.3) is 10.9 Å². The van der Waals surface area contributed by atoms with Crippen LogP contribution in [0.1, 0.15) is 23.2 Å². The Morgan fingerprint density at radius 2 is 2.05 bits per heavy atom. The average Bonchev–Trinajstić information content (AvgIpc) is 2.55. The van der Waals surface area contributed by atoms with E-state index in [0.717, 1.165) is 48.9 Å². The molecule has 0 atom stereocenters. The standard InChI is InChI=1S/C17H21N3O/c1-18-12-13-7-10-20(11-8-13)17(21)15-6-9-19-16-5-3-2-4-14(15)16/h2-6,9,13,18H,7-8,10-12H2,1H3. The van der Waals surface area contributed by atoms with Crippen molar-refractivity contribution in [3.05, 3.63) is 42.1 Å². The van der Waals surface area contributed by atoms with Gasteiger partial charge in [-0.1, -0.05) is 18.2 Å². The van der Waals surface area contributed by atoms with Crippen LogP contribution in [-0.4, -0.2) is 42.5 Å². The fourth-order valence-electron chi connectivity index (χ4n) is 3.08. The zero-order valence-electron chi connectivity index (χ0n) is 12.4. The molecular formula is C17H21N3O. The number of nitrogens with zero attached hydrogens (tertiary/aromatic N) is 2. The molecule has 1 aromatic heterocycles. The average molecular weight is 283 g/mol. The van der Waals surface area contributed by atoms with Crippen molar-refractivity contribution in [2.75, 3.05) is 26.7 Å². The number of hydrogen-bond acceptors (Lipinski definition) is 3. The third kappa shape index (κ3) is 2.90. The number of benzene rings is 1. The van der Waals surface area contributed by atoms with Crippen LogP contribution in [-0.2, 0) is 0 Å². The number of likely N-dealkylation sites (tertiary alicyclic amines) is 1. The molecule has 0 saturated carbocycles. The molecule has 110 valence electrons. The molecule has 0 spiro atoms. The van der Waals surface area contributed by atoms with Gasteiger partial charge < -0.3 is 10.2 Å². The molecule has 1 aliphatic heterocycles. The molecule has 1 aromatic carbocycles. The van der Waals surface area contributed by atoms with Crippen molar-refractivity contribution in [3.8, 4) is 0 Å². The summed E-state index contributed by atoms with van der Waals surface area (Å²) in [6.45, 7) is 2.74. The summed E-state index contributed by atoms with van der Waals surface area (Å²) >= 11 is 0. The maximum atomic E-state index is 12.8. The van der Waals surface area contributed by atoms with Crippen LogP contribution in [0.4, 0.5) is 0 Å². The van der Waals surface area contributed by atoms with Crippen LogP contribution in [0.3, 0.4) is 0 Å². The molecule has 1 fully saturated rings. The van der Waals surface area contributed by atoms with Gasteiger partial charge in [-0.15, -0.1) is 0 Å². The highest BCUT2D eigenvalue weighted by Gasteiger charge is 2.24. The Kier molecular flexibility index (Phi) is 4.15. The molecule has 0 unspecified atom stereocenters. The highest BCUT2D eigenvalue weighted by atomic mass is 16.2. The third-order valence-corrected chi connectivity index (χ3v) is 4.27. The smallest absolute Gasteiger partial charge is 0.254 e. The Morgan fingerprint density at radius 1 is 1.29 bits per heavy atom. The molecule has 1 aliphatic rings. The highest BCUT2D eigenvalue weighted by Crippen LogP contribution is 2.22. The summed E-state index contributed by atoms with van der Waals surface area (Å²) in [5.74, 6) is 0.824. The number of fused-ring (bicyclic) bond motifs is 1. The minimum Gasteiger partial charge on any atom is -0.339 e. The Balaban J connectivity index is 1.79. The number of carbonyl (C=O) groups is 1. The quantitative estimate of drug-likeness (QED) is 0.940. The maximum Gasteiger partial charge on any atom is 0.254 e. The number of hydrogen-bond donors (Lipinski definition) is 1.